The van der Waals surface area contributed by atoms with Crippen molar-refractivity contribution in [2.45, 2.75) is 56.1 Å². The molecule has 3 fully saturated rings. The molecule has 2 aromatic rings. The Balaban J connectivity index is 1.39. The van der Waals surface area contributed by atoms with Gasteiger partial charge in [0.2, 0.25) is 5.91 Å². The second kappa shape index (κ2) is 10.2. The SMILES string of the molecule is N[C@H]1CCCC[C@@H]1N=C(Nc1ccc(Cl)cc1Cl)N1CCC2(CC1)C(=O)NCN2c1ccccc1. The first-order valence-corrected chi connectivity index (χ1v) is 13.1. The molecule has 5 rings (SSSR count). The molecule has 0 aromatic heterocycles. The van der Waals surface area contributed by atoms with Crippen molar-refractivity contribution in [1.82, 2.24) is 10.2 Å². The second-order valence-corrected chi connectivity index (χ2v) is 10.5. The van der Waals surface area contributed by atoms with Crippen molar-refractivity contribution in [1.29, 1.82) is 0 Å². The van der Waals surface area contributed by atoms with E-state index in [-0.39, 0.29) is 18.0 Å². The van der Waals surface area contributed by atoms with Crippen LogP contribution in [0.25, 0.3) is 0 Å². The van der Waals surface area contributed by atoms with Gasteiger partial charge in [-0.3, -0.25) is 4.79 Å². The summed E-state index contributed by atoms with van der Waals surface area (Å²) in [5.74, 6) is 0.860. The molecule has 1 spiro atoms. The van der Waals surface area contributed by atoms with E-state index in [0.717, 1.165) is 43.0 Å². The van der Waals surface area contributed by atoms with Crippen molar-refractivity contribution in [3.63, 3.8) is 0 Å². The first kappa shape index (κ1) is 24.2. The normalized spacial score (nSPS) is 24.5. The number of aliphatic imine (C=N–C) groups is 1. The predicted molar refractivity (Wildman–Crippen MR) is 143 cm³/mol. The Labute approximate surface area is 216 Å². The number of nitrogens with two attached hydrogens (primary N) is 1. The van der Waals surface area contributed by atoms with E-state index in [1.807, 2.05) is 30.3 Å². The second-order valence-electron chi connectivity index (χ2n) is 9.66. The van der Waals surface area contributed by atoms with Crippen LogP contribution >= 0.6 is 23.2 Å². The fourth-order valence-electron chi connectivity index (χ4n) is 5.48. The van der Waals surface area contributed by atoms with Crippen molar-refractivity contribution in [3.8, 4) is 0 Å². The molecule has 0 radical (unpaired) electrons. The largest absolute Gasteiger partial charge is 0.342 e. The van der Waals surface area contributed by atoms with Crippen molar-refractivity contribution in [2.75, 3.05) is 30.0 Å². The molecule has 2 heterocycles. The number of piperidine rings is 1. The lowest BCUT2D eigenvalue weighted by Gasteiger charge is -2.44. The molecule has 1 saturated carbocycles. The van der Waals surface area contributed by atoms with Crippen molar-refractivity contribution < 1.29 is 4.79 Å². The van der Waals surface area contributed by atoms with E-state index >= 15 is 0 Å². The van der Waals surface area contributed by atoms with Crippen molar-refractivity contribution >= 4 is 46.4 Å². The van der Waals surface area contributed by atoms with Crippen LogP contribution in [0, 0.1) is 0 Å². The highest BCUT2D eigenvalue weighted by Gasteiger charge is 2.50. The third kappa shape index (κ3) is 4.95. The smallest absolute Gasteiger partial charge is 0.247 e. The third-order valence-corrected chi connectivity index (χ3v) is 8.09. The lowest BCUT2D eigenvalue weighted by atomic mass is 9.85. The number of carbonyl (C=O) groups excluding carboxylic acids is 1. The van der Waals surface area contributed by atoms with E-state index in [0.29, 0.717) is 42.6 Å². The number of nitrogens with one attached hydrogen (secondary N) is 2. The first-order chi connectivity index (χ1) is 17.0. The summed E-state index contributed by atoms with van der Waals surface area (Å²) in [7, 11) is 0. The molecule has 186 valence electrons. The summed E-state index contributed by atoms with van der Waals surface area (Å²) in [5, 5.41) is 7.66. The zero-order chi connectivity index (χ0) is 24.4. The Morgan fingerprint density at radius 1 is 1.09 bits per heavy atom. The number of benzene rings is 2. The molecule has 0 unspecified atom stereocenters. The van der Waals surface area contributed by atoms with Gasteiger partial charge in [0.15, 0.2) is 5.96 Å². The Kier molecular flexibility index (Phi) is 7.09. The molecule has 9 heteroatoms. The van der Waals surface area contributed by atoms with Gasteiger partial charge in [-0.1, -0.05) is 54.2 Å². The van der Waals surface area contributed by atoms with E-state index < -0.39 is 5.54 Å². The molecular formula is C26H32Cl2N6O. The third-order valence-electron chi connectivity index (χ3n) is 7.54. The van der Waals surface area contributed by atoms with Gasteiger partial charge in [0.25, 0.3) is 0 Å². The van der Waals surface area contributed by atoms with Crippen LogP contribution in [0.4, 0.5) is 11.4 Å². The number of para-hydroxylation sites is 1. The zero-order valence-corrected chi connectivity index (χ0v) is 21.2. The molecule has 0 bridgehead atoms. The number of likely N-dealkylation sites (tertiary alicyclic amines) is 1. The van der Waals surface area contributed by atoms with Gasteiger partial charge < -0.3 is 26.2 Å². The fourth-order valence-corrected chi connectivity index (χ4v) is 5.94. The molecule has 2 saturated heterocycles. The van der Waals surface area contributed by atoms with Crippen LogP contribution in [0.3, 0.4) is 0 Å². The fraction of sp³-hybridized carbons (Fsp3) is 0.462. The minimum absolute atomic E-state index is 0.0477. The first-order valence-electron chi connectivity index (χ1n) is 12.4. The minimum atomic E-state index is -0.553. The molecule has 2 atom stereocenters. The molecule has 2 aromatic carbocycles. The molecule has 1 aliphatic carbocycles. The molecule has 7 nitrogen and oxygen atoms in total. The highest BCUT2D eigenvalue weighted by atomic mass is 35.5. The van der Waals surface area contributed by atoms with E-state index in [1.165, 1.54) is 0 Å². The summed E-state index contributed by atoms with van der Waals surface area (Å²) in [5.41, 5.74) is 7.70. The Hall–Kier alpha value is -2.48. The summed E-state index contributed by atoms with van der Waals surface area (Å²) in [6.45, 7) is 1.91. The van der Waals surface area contributed by atoms with Crippen LogP contribution in [0.1, 0.15) is 38.5 Å². The van der Waals surface area contributed by atoms with E-state index in [2.05, 4.69) is 32.6 Å². The van der Waals surface area contributed by atoms with Gasteiger partial charge in [0, 0.05) is 29.8 Å². The number of hydrogen-bond donors (Lipinski definition) is 3. The van der Waals surface area contributed by atoms with Crippen LogP contribution in [0.2, 0.25) is 10.0 Å². The highest BCUT2D eigenvalue weighted by molar-refractivity contribution is 6.36. The maximum absolute atomic E-state index is 13.1. The van der Waals surface area contributed by atoms with Gasteiger partial charge in [-0.2, -0.15) is 0 Å². The Morgan fingerprint density at radius 2 is 1.83 bits per heavy atom. The molecule has 4 N–H and O–H groups in total. The standard InChI is InChI=1S/C26H32Cl2N6O/c27-18-10-11-22(20(28)16-18)31-25(32-23-9-5-4-8-21(23)29)33-14-12-26(13-15-33)24(35)30-17-34(26)19-6-2-1-3-7-19/h1-3,6-7,10-11,16,21,23H,4-5,8-9,12-15,17,29H2,(H,30,35)(H,31,32)/t21-,23-/m0/s1. The Bertz CT molecular complexity index is 1090. The number of halogens is 2. The molecular weight excluding hydrogens is 483 g/mol. The predicted octanol–water partition coefficient (Wildman–Crippen LogP) is 4.46. The molecule has 2 aliphatic heterocycles. The lowest BCUT2D eigenvalue weighted by Crippen LogP contribution is -2.58. The number of hydrogen-bond acceptors (Lipinski definition) is 4. The zero-order valence-electron chi connectivity index (χ0n) is 19.7. The van der Waals surface area contributed by atoms with Gasteiger partial charge in [-0.25, -0.2) is 4.99 Å². The number of rotatable bonds is 3. The summed E-state index contributed by atoms with van der Waals surface area (Å²) in [6, 6.07) is 15.7. The van der Waals surface area contributed by atoms with Gasteiger partial charge in [0.05, 0.1) is 23.4 Å². The van der Waals surface area contributed by atoms with Crippen LogP contribution < -0.4 is 21.3 Å². The van der Waals surface area contributed by atoms with Crippen molar-refractivity contribution in [3.05, 3.63) is 58.6 Å². The van der Waals surface area contributed by atoms with Gasteiger partial charge >= 0.3 is 0 Å². The van der Waals surface area contributed by atoms with Crippen LogP contribution in [-0.2, 0) is 4.79 Å². The van der Waals surface area contributed by atoms with E-state index in [1.54, 1.807) is 6.07 Å². The molecule has 35 heavy (non-hydrogen) atoms. The quantitative estimate of drug-likeness (QED) is 0.415. The van der Waals surface area contributed by atoms with Crippen LogP contribution in [0.15, 0.2) is 53.5 Å². The van der Waals surface area contributed by atoms with Crippen molar-refractivity contribution in [2.24, 2.45) is 10.7 Å². The maximum Gasteiger partial charge on any atom is 0.247 e. The van der Waals surface area contributed by atoms with Crippen LogP contribution in [0.5, 0.6) is 0 Å². The van der Waals surface area contributed by atoms with Gasteiger partial charge in [-0.05, 0) is 56.0 Å². The summed E-state index contributed by atoms with van der Waals surface area (Å²) < 4.78 is 0. The van der Waals surface area contributed by atoms with E-state index in [4.69, 9.17) is 33.9 Å². The molecule has 1 amide bonds. The highest BCUT2D eigenvalue weighted by Crippen LogP contribution is 2.37. The summed E-state index contributed by atoms with van der Waals surface area (Å²) in [4.78, 5) is 22.6. The van der Waals surface area contributed by atoms with E-state index in [9.17, 15) is 4.79 Å². The number of amides is 1. The number of carbonyl (C=O) groups is 1. The number of anilines is 2. The van der Waals surface area contributed by atoms with Crippen LogP contribution in [-0.4, -0.2) is 54.1 Å². The average molecular weight is 515 g/mol. The van der Waals surface area contributed by atoms with Gasteiger partial charge in [-0.15, -0.1) is 0 Å². The minimum Gasteiger partial charge on any atom is -0.342 e. The maximum atomic E-state index is 13.1. The summed E-state index contributed by atoms with van der Waals surface area (Å²) >= 11 is 12.6. The van der Waals surface area contributed by atoms with Gasteiger partial charge in [0.1, 0.15) is 5.54 Å². The number of guanidine groups is 1. The monoisotopic (exact) mass is 514 g/mol. The topological polar surface area (TPSA) is 86.0 Å². The average Bonchev–Trinajstić information content (AvgIpc) is 3.18. The molecule has 3 aliphatic rings. The summed E-state index contributed by atoms with van der Waals surface area (Å²) in [6.07, 6.45) is 5.63. The Morgan fingerprint density at radius 3 is 2.54 bits per heavy atom. The lowest BCUT2D eigenvalue weighted by molar-refractivity contribution is -0.124. The number of nitrogens with zero attached hydrogens (tertiary/aromatic N) is 3.